The smallest absolute Gasteiger partial charge is 0.0222 e. The summed E-state index contributed by atoms with van der Waals surface area (Å²) in [5, 5.41) is 3.69. The zero-order valence-electron chi connectivity index (χ0n) is 11.4. The van der Waals surface area contributed by atoms with Crippen molar-refractivity contribution in [2.45, 2.75) is 52.6 Å². The van der Waals surface area contributed by atoms with Gasteiger partial charge in [-0.25, -0.2) is 0 Å². The normalized spacial score (nSPS) is 28.1. The summed E-state index contributed by atoms with van der Waals surface area (Å²) in [6.07, 6.45) is 6.98. The highest BCUT2D eigenvalue weighted by Gasteiger charge is 2.25. The quantitative estimate of drug-likeness (QED) is 0.722. The number of nitrogens with zero attached hydrogens (tertiary/aromatic N) is 1. The largest absolute Gasteiger partial charge is 0.311 e. The van der Waals surface area contributed by atoms with Crippen molar-refractivity contribution in [1.29, 1.82) is 0 Å². The first kappa shape index (κ1) is 13.7. The van der Waals surface area contributed by atoms with E-state index in [1.807, 2.05) is 0 Å². The standard InChI is InChI=1S/C14H28N2/c1-5-7-8-16-11-13(9-12(3)4)15-10-14(16)6-2/h5,7,12-15H,6,8-11H2,1-4H3/b7-5+. The molecule has 0 amide bonds. The van der Waals surface area contributed by atoms with E-state index in [0.717, 1.165) is 25.0 Å². The second kappa shape index (κ2) is 7.08. The van der Waals surface area contributed by atoms with E-state index >= 15 is 0 Å². The lowest BCUT2D eigenvalue weighted by Gasteiger charge is -2.40. The minimum Gasteiger partial charge on any atom is -0.311 e. The lowest BCUT2D eigenvalue weighted by molar-refractivity contribution is 0.132. The molecule has 2 atom stereocenters. The van der Waals surface area contributed by atoms with Crippen LogP contribution in [0.25, 0.3) is 0 Å². The van der Waals surface area contributed by atoms with Crippen molar-refractivity contribution in [3.05, 3.63) is 12.2 Å². The summed E-state index contributed by atoms with van der Waals surface area (Å²) in [7, 11) is 0. The summed E-state index contributed by atoms with van der Waals surface area (Å²) in [6.45, 7) is 12.5. The Hall–Kier alpha value is -0.340. The van der Waals surface area contributed by atoms with Crippen LogP contribution < -0.4 is 5.32 Å². The molecule has 1 saturated heterocycles. The number of hydrogen-bond donors (Lipinski definition) is 1. The van der Waals surface area contributed by atoms with E-state index in [4.69, 9.17) is 0 Å². The van der Waals surface area contributed by atoms with Gasteiger partial charge in [-0.2, -0.15) is 0 Å². The van der Waals surface area contributed by atoms with Gasteiger partial charge in [0.1, 0.15) is 0 Å². The van der Waals surface area contributed by atoms with Gasteiger partial charge in [-0.1, -0.05) is 32.9 Å². The molecule has 16 heavy (non-hydrogen) atoms. The van der Waals surface area contributed by atoms with E-state index < -0.39 is 0 Å². The highest BCUT2D eigenvalue weighted by Crippen LogP contribution is 2.15. The van der Waals surface area contributed by atoms with Gasteiger partial charge in [0.25, 0.3) is 0 Å². The van der Waals surface area contributed by atoms with Gasteiger partial charge < -0.3 is 5.32 Å². The van der Waals surface area contributed by atoms with Crippen molar-refractivity contribution < 1.29 is 0 Å². The molecule has 0 aromatic heterocycles. The summed E-state index contributed by atoms with van der Waals surface area (Å²) in [4.78, 5) is 2.63. The second-order valence-electron chi connectivity index (χ2n) is 5.32. The molecule has 0 aromatic carbocycles. The van der Waals surface area contributed by atoms with Gasteiger partial charge in [-0.15, -0.1) is 0 Å². The Morgan fingerprint density at radius 1 is 1.44 bits per heavy atom. The van der Waals surface area contributed by atoms with Crippen molar-refractivity contribution in [3.63, 3.8) is 0 Å². The minimum atomic E-state index is 0.688. The van der Waals surface area contributed by atoms with E-state index in [-0.39, 0.29) is 0 Å². The van der Waals surface area contributed by atoms with Crippen molar-refractivity contribution in [2.75, 3.05) is 19.6 Å². The molecule has 0 aliphatic carbocycles. The number of rotatable bonds is 5. The SMILES string of the molecule is C/C=C/CN1CC(CC(C)C)NCC1CC. The van der Waals surface area contributed by atoms with Crippen LogP contribution in [0.4, 0.5) is 0 Å². The first-order chi connectivity index (χ1) is 7.67. The minimum absolute atomic E-state index is 0.688. The first-order valence-corrected chi connectivity index (χ1v) is 6.75. The van der Waals surface area contributed by atoms with Crippen LogP contribution in [0, 0.1) is 5.92 Å². The third-order valence-corrected chi connectivity index (χ3v) is 3.42. The zero-order chi connectivity index (χ0) is 12.0. The Kier molecular flexibility index (Phi) is 6.07. The highest BCUT2D eigenvalue weighted by atomic mass is 15.2. The van der Waals surface area contributed by atoms with Crippen LogP contribution in [-0.4, -0.2) is 36.6 Å². The van der Waals surface area contributed by atoms with Crippen LogP contribution in [0.15, 0.2) is 12.2 Å². The van der Waals surface area contributed by atoms with E-state index in [0.29, 0.717) is 6.04 Å². The third-order valence-electron chi connectivity index (χ3n) is 3.42. The molecule has 2 heteroatoms. The van der Waals surface area contributed by atoms with E-state index in [1.54, 1.807) is 0 Å². The average Bonchev–Trinajstić information content (AvgIpc) is 2.25. The summed E-state index contributed by atoms with van der Waals surface area (Å²) in [5.74, 6) is 0.791. The van der Waals surface area contributed by atoms with Crippen LogP contribution >= 0.6 is 0 Å². The number of piperazine rings is 1. The Morgan fingerprint density at radius 2 is 2.19 bits per heavy atom. The molecule has 2 nitrogen and oxygen atoms in total. The molecular weight excluding hydrogens is 196 g/mol. The molecule has 2 unspecified atom stereocenters. The fraction of sp³-hybridized carbons (Fsp3) is 0.857. The summed E-state index contributed by atoms with van der Waals surface area (Å²) < 4.78 is 0. The van der Waals surface area contributed by atoms with E-state index in [2.05, 4.69) is 50.1 Å². The summed E-state index contributed by atoms with van der Waals surface area (Å²) in [5.41, 5.74) is 0. The van der Waals surface area contributed by atoms with Crippen LogP contribution in [0.2, 0.25) is 0 Å². The molecule has 0 bridgehead atoms. The van der Waals surface area contributed by atoms with Gasteiger partial charge in [-0.3, -0.25) is 4.90 Å². The van der Waals surface area contributed by atoms with Gasteiger partial charge in [-0.05, 0) is 25.7 Å². The maximum atomic E-state index is 3.69. The summed E-state index contributed by atoms with van der Waals surface area (Å²) in [6, 6.07) is 1.41. The molecule has 1 N–H and O–H groups in total. The Morgan fingerprint density at radius 3 is 2.75 bits per heavy atom. The average molecular weight is 224 g/mol. The van der Waals surface area contributed by atoms with Gasteiger partial charge >= 0.3 is 0 Å². The van der Waals surface area contributed by atoms with Crippen molar-refractivity contribution in [2.24, 2.45) is 5.92 Å². The monoisotopic (exact) mass is 224 g/mol. The highest BCUT2D eigenvalue weighted by molar-refractivity contribution is 4.90. The fourth-order valence-electron chi connectivity index (χ4n) is 2.52. The molecule has 94 valence electrons. The van der Waals surface area contributed by atoms with E-state index in [1.165, 1.54) is 19.4 Å². The maximum absolute atomic E-state index is 3.69. The Balaban J connectivity index is 2.47. The Bertz CT molecular complexity index is 211. The maximum Gasteiger partial charge on any atom is 0.0222 e. The predicted octanol–water partition coefficient (Wildman–Crippen LogP) is 2.66. The molecule has 0 spiro atoms. The molecule has 1 fully saturated rings. The van der Waals surface area contributed by atoms with Crippen LogP contribution in [-0.2, 0) is 0 Å². The number of nitrogens with one attached hydrogen (secondary N) is 1. The third kappa shape index (κ3) is 4.26. The van der Waals surface area contributed by atoms with Gasteiger partial charge in [0.2, 0.25) is 0 Å². The molecule has 1 aliphatic rings. The lowest BCUT2D eigenvalue weighted by Crippen LogP contribution is -2.56. The number of allylic oxidation sites excluding steroid dienone is 1. The molecule has 1 heterocycles. The van der Waals surface area contributed by atoms with Gasteiger partial charge in [0.05, 0.1) is 0 Å². The van der Waals surface area contributed by atoms with Crippen LogP contribution in [0.1, 0.15) is 40.5 Å². The van der Waals surface area contributed by atoms with Crippen molar-refractivity contribution in [1.82, 2.24) is 10.2 Å². The molecule has 1 rings (SSSR count). The topological polar surface area (TPSA) is 15.3 Å². The molecular formula is C14H28N2. The summed E-state index contributed by atoms with van der Waals surface area (Å²) >= 11 is 0. The van der Waals surface area contributed by atoms with E-state index in [9.17, 15) is 0 Å². The van der Waals surface area contributed by atoms with Crippen LogP contribution in [0.3, 0.4) is 0 Å². The first-order valence-electron chi connectivity index (χ1n) is 6.75. The lowest BCUT2D eigenvalue weighted by atomic mass is 9.99. The zero-order valence-corrected chi connectivity index (χ0v) is 11.4. The molecule has 1 aliphatic heterocycles. The van der Waals surface area contributed by atoms with Crippen LogP contribution in [0.5, 0.6) is 0 Å². The number of hydrogen-bond acceptors (Lipinski definition) is 2. The molecule has 0 saturated carbocycles. The fourth-order valence-corrected chi connectivity index (χ4v) is 2.52. The molecule has 0 aromatic rings. The van der Waals surface area contributed by atoms with Gasteiger partial charge in [0, 0.05) is 31.7 Å². The van der Waals surface area contributed by atoms with Crippen molar-refractivity contribution in [3.8, 4) is 0 Å². The van der Waals surface area contributed by atoms with Gasteiger partial charge in [0.15, 0.2) is 0 Å². The Labute approximate surface area is 101 Å². The molecule has 0 radical (unpaired) electrons. The van der Waals surface area contributed by atoms with Crippen molar-refractivity contribution >= 4 is 0 Å². The predicted molar refractivity (Wildman–Crippen MR) is 71.7 cm³/mol. The second-order valence-corrected chi connectivity index (χ2v) is 5.32.